The van der Waals surface area contributed by atoms with Crippen molar-refractivity contribution in [3.8, 4) is 0 Å². The molecule has 0 aliphatic rings. The molecular formula is C13H8N6O9. The summed E-state index contributed by atoms with van der Waals surface area (Å²) in [7, 11) is 0. The monoisotopic (exact) mass is 392 g/mol. The van der Waals surface area contributed by atoms with Gasteiger partial charge in [0.2, 0.25) is 0 Å². The Morgan fingerprint density at radius 1 is 0.679 bits per heavy atom. The first-order valence-corrected chi connectivity index (χ1v) is 7.03. The van der Waals surface area contributed by atoms with E-state index in [-0.39, 0.29) is 5.69 Å². The third-order valence-corrected chi connectivity index (χ3v) is 3.22. The van der Waals surface area contributed by atoms with Crippen LogP contribution in [0.2, 0.25) is 0 Å². The fraction of sp³-hybridized carbons (Fsp3) is 0. The van der Waals surface area contributed by atoms with Gasteiger partial charge in [-0.1, -0.05) is 0 Å². The molecule has 2 amide bonds. The maximum absolute atomic E-state index is 12.0. The number of amides is 2. The topological polar surface area (TPSA) is 214 Å². The molecule has 28 heavy (non-hydrogen) atoms. The van der Waals surface area contributed by atoms with E-state index in [1.54, 1.807) is 0 Å². The second-order valence-electron chi connectivity index (χ2n) is 5.05. The molecule has 0 aliphatic carbocycles. The molecular weight excluding hydrogens is 384 g/mol. The third-order valence-electron chi connectivity index (χ3n) is 3.22. The van der Waals surface area contributed by atoms with Gasteiger partial charge in [-0.05, 0) is 0 Å². The Balaban J connectivity index is 2.33. The molecule has 0 atom stereocenters. The Hall–Kier alpha value is -4.69. The quantitative estimate of drug-likeness (QED) is 0.545. The number of benzene rings is 2. The lowest BCUT2D eigenvalue weighted by atomic mass is 10.2. The number of non-ortho nitro benzene ring substituents is 3. The first-order chi connectivity index (χ1) is 13.1. The van der Waals surface area contributed by atoms with Gasteiger partial charge in [0, 0.05) is 30.3 Å². The summed E-state index contributed by atoms with van der Waals surface area (Å²) in [5, 5.41) is 47.5. The molecule has 15 nitrogen and oxygen atoms in total. The number of hydrogen-bond donors (Lipinski definition) is 2. The summed E-state index contributed by atoms with van der Waals surface area (Å²) in [6, 6.07) is 3.58. The number of nitrogens with one attached hydrogen (secondary N) is 2. The van der Waals surface area contributed by atoms with E-state index >= 15 is 0 Å². The van der Waals surface area contributed by atoms with Crippen LogP contribution in [0.25, 0.3) is 0 Å². The van der Waals surface area contributed by atoms with Gasteiger partial charge in [-0.2, -0.15) is 0 Å². The highest BCUT2D eigenvalue weighted by molar-refractivity contribution is 6.01. The second kappa shape index (κ2) is 7.68. The number of nitro benzene ring substituents is 4. The van der Waals surface area contributed by atoms with Gasteiger partial charge in [-0.25, -0.2) is 4.79 Å². The zero-order valence-corrected chi connectivity index (χ0v) is 13.4. The van der Waals surface area contributed by atoms with E-state index < -0.39 is 54.2 Å². The van der Waals surface area contributed by atoms with Gasteiger partial charge in [-0.3, -0.25) is 40.5 Å². The Morgan fingerprint density at radius 3 is 1.68 bits per heavy atom. The molecule has 0 aromatic heterocycles. The van der Waals surface area contributed by atoms with Crippen molar-refractivity contribution in [3.05, 3.63) is 76.9 Å². The van der Waals surface area contributed by atoms with Crippen LogP contribution < -0.4 is 10.6 Å². The highest BCUT2D eigenvalue weighted by atomic mass is 16.6. The predicted molar refractivity (Wildman–Crippen MR) is 92.1 cm³/mol. The Kier molecular flexibility index (Phi) is 5.39. The number of nitro groups is 4. The summed E-state index contributed by atoms with van der Waals surface area (Å²) in [6.45, 7) is 0. The maximum atomic E-state index is 12.0. The second-order valence-corrected chi connectivity index (χ2v) is 5.05. The van der Waals surface area contributed by atoms with Crippen LogP contribution in [0, 0.1) is 40.5 Å². The van der Waals surface area contributed by atoms with Gasteiger partial charge in [0.05, 0.1) is 31.4 Å². The minimum absolute atomic E-state index is 0.341. The summed E-state index contributed by atoms with van der Waals surface area (Å²) in [5.41, 5.74) is -3.39. The summed E-state index contributed by atoms with van der Waals surface area (Å²) in [4.78, 5) is 52.0. The van der Waals surface area contributed by atoms with Crippen molar-refractivity contribution >= 4 is 40.2 Å². The molecule has 0 aliphatic heterocycles. The van der Waals surface area contributed by atoms with Crippen molar-refractivity contribution in [2.45, 2.75) is 0 Å². The molecule has 0 spiro atoms. The lowest BCUT2D eigenvalue weighted by Crippen LogP contribution is -2.20. The van der Waals surface area contributed by atoms with Crippen LogP contribution in [0.5, 0.6) is 0 Å². The van der Waals surface area contributed by atoms with E-state index in [0.717, 1.165) is 30.3 Å². The van der Waals surface area contributed by atoms with Gasteiger partial charge in [0.15, 0.2) is 0 Å². The molecule has 2 aromatic rings. The molecule has 0 unspecified atom stereocenters. The highest BCUT2D eigenvalue weighted by Crippen LogP contribution is 2.30. The van der Waals surface area contributed by atoms with Crippen molar-refractivity contribution in [1.82, 2.24) is 0 Å². The molecule has 0 fully saturated rings. The average Bonchev–Trinajstić information content (AvgIpc) is 2.60. The van der Waals surface area contributed by atoms with E-state index in [9.17, 15) is 45.3 Å². The van der Waals surface area contributed by atoms with Gasteiger partial charge in [0.1, 0.15) is 5.69 Å². The molecule has 0 radical (unpaired) electrons. The summed E-state index contributed by atoms with van der Waals surface area (Å²) < 4.78 is 0. The number of rotatable bonds is 6. The first-order valence-electron chi connectivity index (χ1n) is 7.03. The molecule has 2 N–H and O–H groups in total. The van der Waals surface area contributed by atoms with E-state index in [0.29, 0.717) is 6.07 Å². The normalized spacial score (nSPS) is 10.0. The SMILES string of the molecule is O=C(Nc1cc([N+](=O)[O-])cc([N+](=O)[O-])c1)Nc1cc([N+](=O)[O-])ccc1[N+](=O)[O-]. The van der Waals surface area contributed by atoms with E-state index in [1.807, 2.05) is 10.6 Å². The van der Waals surface area contributed by atoms with Gasteiger partial charge >= 0.3 is 6.03 Å². The van der Waals surface area contributed by atoms with Crippen LogP contribution in [0.1, 0.15) is 0 Å². The zero-order valence-electron chi connectivity index (χ0n) is 13.4. The number of carbonyl (C=O) groups excluding carboxylic acids is 1. The summed E-state index contributed by atoms with van der Waals surface area (Å²) in [6.07, 6.45) is 0. The van der Waals surface area contributed by atoms with Gasteiger partial charge in [0.25, 0.3) is 22.7 Å². The van der Waals surface area contributed by atoms with Gasteiger partial charge in [-0.15, -0.1) is 0 Å². The van der Waals surface area contributed by atoms with Crippen molar-refractivity contribution in [2.75, 3.05) is 10.6 Å². The number of carbonyl (C=O) groups is 1. The molecule has 2 aromatic carbocycles. The predicted octanol–water partition coefficient (Wildman–Crippen LogP) is 2.96. The molecule has 15 heteroatoms. The fourth-order valence-electron chi connectivity index (χ4n) is 2.06. The Labute approximate surface area is 153 Å². The number of urea groups is 1. The number of anilines is 2. The van der Waals surface area contributed by atoms with Crippen LogP contribution >= 0.6 is 0 Å². The van der Waals surface area contributed by atoms with E-state index in [2.05, 4.69) is 0 Å². The van der Waals surface area contributed by atoms with E-state index in [4.69, 9.17) is 0 Å². The number of nitrogens with zero attached hydrogens (tertiary/aromatic N) is 4. The summed E-state index contributed by atoms with van der Waals surface area (Å²) in [5.74, 6) is 0. The van der Waals surface area contributed by atoms with Crippen LogP contribution in [0.15, 0.2) is 36.4 Å². The van der Waals surface area contributed by atoms with Crippen molar-refractivity contribution in [1.29, 1.82) is 0 Å². The molecule has 144 valence electrons. The van der Waals surface area contributed by atoms with Crippen LogP contribution in [-0.4, -0.2) is 25.7 Å². The molecule has 0 heterocycles. The molecule has 0 saturated carbocycles. The first kappa shape index (κ1) is 19.6. The maximum Gasteiger partial charge on any atom is 0.323 e. The number of hydrogen-bond acceptors (Lipinski definition) is 9. The van der Waals surface area contributed by atoms with Gasteiger partial charge < -0.3 is 10.6 Å². The average molecular weight is 392 g/mol. The van der Waals surface area contributed by atoms with Crippen LogP contribution in [0.3, 0.4) is 0 Å². The largest absolute Gasteiger partial charge is 0.323 e. The zero-order chi connectivity index (χ0) is 21.0. The lowest BCUT2D eigenvalue weighted by Gasteiger charge is -2.08. The molecule has 0 saturated heterocycles. The van der Waals surface area contributed by atoms with Crippen molar-refractivity contribution < 1.29 is 24.5 Å². The standard InChI is InChI=1S/C13H8N6O9/c20-13(14-7-3-9(17(23)24)5-10(4-7)18(25)26)15-11-6-8(16(21)22)1-2-12(11)19(27)28/h1-6H,(H2,14,15,20). The third kappa shape index (κ3) is 4.48. The highest BCUT2D eigenvalue weighted by Gasteiger charge is 2.21. The smallest absolute Gasteiger partial charge is 0.307 e. The lowest BCUT2D eigenvalue weighted by molar-refractivity contribution is -0.394. The van der Waals surface area contributed by atoms with Crippen LogP contribution in [0.4, 0.5) is 38.9 Å². The van der Waals surface area contributed by atoms with Crippen LogP contribution in [-0.2, 0) is 0 Å². The van der Waals surface area contributed by atoms with Crippen molar-refractivity contribution in [2.24, 2.45) is 0 Å². The minimum atomic E-state index is -1.17. The molecule has 0 bridgehead atoms. The van der Waals surface area contributed by atoms with E-state index in [1.165, 1.54) is 0 Å². The fourth-order valence-corrected chi connectivity index (χ4v) is 2.06. The Bertz CT molecular complexity index is 989. The Morgan fingerprint density at radius 2 is 1.21 bits per heavy atom. The summed E-state index contributed by atoms with van der Waals surface area (Å²) >= 11 is 0. The minimum Gasteiger partial charge on any atom is -0.307 e. The van der Waals surface area contributed by atoms with Crippen molar-refractivity contribution in [3.63, 3.8) is 0 Å². The molecule has 2 rings (SSSR count).